The van der Waals surface area contributed by atoms with Crippen LogP contribution in [0.2, 0.25) is 0 Å². The van der Waals surface area contributed by atoms with Gasteiger partial charge < -0.3 is 15.5 Å². The number of hydrogen-bond acceptors (Lipinski definition) is 3. The molecule has 2 atom stereocenters. The minimum Gasteiger partial charge on any atom is -0.368 e. The first-order valence-electron chi connectivity index (χ1n) is 10.4. The van der Waals surface area contributed by atoms with Gasteiger partial charge in [-0.2, -0.15) is 0 Å². The van der Waals surface area contributed by atoms with Crippen LogP contribution in [-0.4, -0.2) is 61.0 Å². The van der Waals surface area contributed by atoms with Gasteiger partial charge in [0, 0.05) is 12.2 Å². The van der Waals surface area contributed by atoms with E-state index in [2.05, 4.69) is 31.1 Å². The smallest absolute Gasteiger partial charge is 0.325 e. The Morgan fingerprint density at radius 2 is 1.89 bits per heavy atom. The lowest BCUT2D eigenvalue weighted by Gasteiger charge is -2.32. The summed E-state index contributed by atoms with van der Waals surface area (Å²) >= 11 is 0. The van der Waals surface area contributed by atoms with Crippen LogP contribution in [0.1, 0.15) is 44.1 Å². The molecule has 1 aromatic rings. The zero-order chi connectivity index (χ0) is 19.9. The first-order chi connectivity index (χ1) is 13.4. The van der Waals surface area contributed by atoms with E-state index < -0.39 is 11.9 Å². The van der Waals surface area contributed by atoms with Crippen molar-refractivity contribution < 1.29 is 9.59 Å². The van der Waals surface area contributed by atoms with Gasteiger partial charge in [0.25, 0.3) is 0 Å². The fourth-order valence-corrected chi connectivity index (χ4v) is 5.31. The topological polar surface area (TPSA) is 69.9 Å². The third-order valence-corrected chi connectivity index (χ3v) is 6.84. The molecule has 0 aromatic heterocycles. The van der Waals surface area contributed by atoms with E-state index in [4.69, 9.17) is 5.73 Å². The first-order valence-corrected chi connectivity index (χ1v) is 10.4. The summed E-state index contributed by atoms with van der Waals surface area (Å²) < 4.78 is 0. The number of nitrogens with zero attached hydrogens (tertiary/aromatic N) is 3. The van der Waals surface area contributed by atoms with Crippen molar-refractivity contribution in [2.24, 2.45) is 5.73 Å². The lowest BCUT2D eigenvalue weighted by Crippen LogP contribution is -2.46. The SMILES string of the molecule is CN(C)CCC1(c2ccc(N3C(=O)N4CC[CH][C@@H]4C3C(N)=O)cc2)CCCC1. The second-order valence-electron chi connectivity index (χ2n) is 8.80. The third kappa shape index (κ3) is 3.17. The van der Waals surface area contributed by atoms with Crippen molar-refractivity contribution in [3.8, 4) is 0 Å². The Morgan fingerprint density at radius 1 is 1.21 bits per heavy atom. The third-order valence-electron chi connectivity index (χ3n) is 6.84. The molecule has 3 fully saturated rings. The molecule has 28 heavy (non-hydrogen) atoms. The van der Waals surface area contributed by atoms with E-state index in [1.54, 1.807) is 9.80 Å². The fraction of sp³-hybridized carbons (Fsp3) is 0.591. The number of nitrogens with two attached hydrogens (primary N) is 1. The molecule has 3 aliphatic rings. The molecule has 6 heteroatoms. The molecule has 0 spiro atoms. The van der Waals surface area contributed by atoms with Crippen LogP contribution in [-0.2, 0) is 10.2 Å². The van der Waals surface area contributed by atoms with E-state index in [1.165, 1.54) is 31.2 Å². The maximum Gasteiger partial charge on any atom is 0.325 e. The maximum atomic E-state index is 12.9. The summed E-state index contributed by atoms with van der Waals surface area (Å²) in [6.45, 7) is 1.73. The van der Waals surface area contributed by atoms with Crippen molar-refractivity contribution in [2.75, 3.05) is 32.1 Å². The lowest BCUT2D eigenvalue weighted by atomic mass is 9.76. The predicted octanol–water partition coefficient (Wildman–Crippen LogP) is 2.52. The summed E-state index contributed by atoms with van der Waals surface area (Å²) in [7, 11) is 4.25. The van der Waals surface area contributed by atoms with Gasteiger partial charge in [-0.15, -0.1) is 0 Å². The van der Waals surface area contributed by atoms with E-state index in [0.29, 0.717) is 6.54 Å². The summed E-state index contributed by atoms with van der Waals surface area (Å²) in [6.07, 6.45) is 9.00. The van der Waals surface area contributed by atoms with Crippen molar-refractivity contribution in [3.63, 3.8) is 0 Å². The van der Waals surface area contributed by atoms with Crippen molar-refractivity contribution >= 4 is 17.6 Å². The number of fused-ring (bicyclic) bond motifs is 1. The molecular weight excluding hydrogens is 352 g/mol. The molecule has 1 unspecified atom stereocenters. The van der Waals surface area contributed by atoms with Gasteiger partial charge in [0.1, 0.15) is 6.04 Å². The van der Waals surface area contributed by atoms with Crippen LogP contribution in [0.25, 0.3) is 0 Å². The van der Waals surface area contributed by atoms with Crippen molar-refractivity contribution in [1.82, 2.24) is 9.80 Å². The normalized spacial score (nSPS) is 26.3. The van der Waals surface area contributed by atoms with E-state index in [1.807, 2.05) is 18.6 Å². The van der Waals surface area contributed by atoms with Crippen LogP contribution >= 0.6 is 0 Å². The molecule has 4 rings (SSSR count). The van der Waals surface area contributed by atoms with E-state index >= 15 is 0 Å². The van der Waals surface area contributed by atoms with Crippen molar-refractivity contribution in [2.45, 2.75) is 56.0 Å². The molecule has 2 aliphatic heterocycles. The molecule has 1 radical (unpaired) electrons. The largest absolute Gasteiger partial charge is 0.368 e. The lowest BCUT2D eigenvalue weighted by molar-refractivity contribution is -0.119. The molecule has 2 heterocycles. The van der Waals surface area contributed by atoms with Crippen LogP contribution in [0.5, 0.6) is 0 Å². The Kier molecular flexibility index (Phi) is 5.08. The highest BCUT2D eigenvalue weighted by atomic mass is 16.2. The number of carbonyl (C=O) groups excluding carboxylic acids is 2. The van der Waals surface area contributed by atoms with Gasteiger partial charge in [0.05, 0.1) is 6.04 Å². The quantitative estimate of drug-likeness (QED) is 0.821. The Labute approximate surface area is 167 Å². The molecule has 3 amide bonds. The Morgan fingerprint density at radius 3 is 2.50 bits per heavy atom. The monoisotopic (exact) mass is 383 g/mol. The summed E-state index contributed by atoms with van der Waals surface area (Å²) in [5.41, 5.74) is 8.03. The van der Waals surface area contributed by atoms with Crippen LogP contribution in [0.3, 0.4) is 0 Å². The zero-order valence-electron chi connectivity index (χ0n) is 16.9. The average molecular weight is 384 g/mol. The molecule has 151 valence electrons. The van der Waals surface area contributed by atoms with Gasteiger partial charge >= 0.3 is 6.03 Å². The first kappa shape index (κ1) is 19.2. The van der Waals surface area contributed by atoms with Gasteiger partial charge in [-0.1, -0.05) is 25.0 Å². The second-order valence-corrected chi connectivity index (χ2v) is 8.80. The summed E-state index contributed by atoms with van der Waals surface area (Å²) in [5.74, 6) is -0.443. The molecular formula is C22H31N4O2. The zero-order valence-corrected chi connectivity index (χ0v) is 16.9. The van der Waals surface area contributed by atoms with E-state index in [-0.39, 0.29) is 17.5 Å². The second kappa shape index (κ2) is 7.39. The van der Waals surface area contributed by atoms with Crippen LogP contribution in [0.15, 0.2) is 24.3 Å². The van der Waals surface area contributed by atoms with Gasteiger partial charge in [0.2, 0.25) is 5.91 Å². The Bertz CT molecular complexity index is 739. The molecule has 1 saturated carbocycles. The van der Waals surface area contributed by atoms with E-state index in [9.17, 15) is 9.59 Å². The Hall–Kier alpha value is -2.08. The number of carbonyl (C=O) groups is 2. The number of hydrogen-bond donors (Lipinski definition) is 1. The van der Waals surface area contributed by atoms with Gasteiger partial charge in [0.15, 0.2) is 0 Å². The number of rotatable bonds is 6. The molecule has 6 nitrogen and oxygen atoms in total. The van der Waals surface area contributed by atoms with Gasteiger partial charge in [-0.3, -0.25) is 9.69 Å². The average Bonchev–Trinajstić information content (AvgIpc) is 3.38. The highest BCUT2D eigenvalue weighted by Gasteiger charge is 2.51. The minimum atomic E-state index is -0.616. The molecule has 1 aliphatic carbocycles. The molecule has 2 saturated heterocycles. The molecule has 1 aromatic carbocycles. The standard InChI is InChI=1S/C22H31N4O2/c1-24(2)15-13-22(11-3-4-12-22)16-7-9-17(10-8-16)26-19(20(23)27)18-6-5-14-25(18)21(26)28/h6-10,18-19H,3-5,11-15H2,1-2H3,(H2,23,27)/t18-,19?/m1/s1. The molecule has 0 bridgehead atoms. The predicted molar refractivity (Wildman–Crippen MR) is 110 cm³/mol. The van der Waals surface area contributed by atoms with Crippen molar-refractivity contribution in [3.05, 3.63) is 36.2 Å². The highest BCUT2D eigenvalue weighted by molar-refractivity contribution is 6.04. The number of benzene rings is 1. The Balaban J connectivity index is 1.60. The van der Waals surface area contributed by atoms with Gasteiger partial charge in [-0.05, 0) is 75.9 Å². The van der Waals surface area contributed by atoms with E-state index in [0.717, 1.165) is 25.1 Å². The minimum absolute atomic E-state index is 0.113. The van der Waals surface area contributed by atoms with Crippen LogP contribution in [0.4, 0.5) is 10.5 Å². The van der Waals surface area contributed by atoms with Gasteiger partial charge in [-0.25, -0.2) is 4.79 Å². The van der Waals surface area contributed by atoms with Crippen LogP contribution in [0, 0.1) is 6.42 Å². The fourth-order valence-electron chi connectivity index (χ4n) is 5.31. The van der Waals surface area contributed by atoms with Crippen LogP contribution < -0.4 is 10.6 Å². The summed E-state index contributed by atoms with van der Waals surface area (Å²) in [6, 6.07) is 7.39. The number of anilines is 1. The number of primary amides is 1. The number of urea groups is 1. The molecule has 2 N–H and O–H groups in total. The summed E-state index contributed by atoms with van der Waals surface area (Å²) in [4.78, 5) is 30.6. The highest BCUT2D eigenvalue weighted by Crippen LogP contribution is 2.44. The number of amides is 3. The summed E-state index contributed by atoms with van der Waals surface area (Å²) in [5, 5.41) is 0. The van der Waals surface area contributed by atoms with Crippen molar-refractivity contribution in [1.29, 1.82) is 0 Å². The maximum absolute atomic E-state index is 12.9.